The number of carboxylic acids is 1. The molecule has 0 aromatic carbocycles. The molecule has 1 aliphatic rings. The maximum Gasteiger partial charge on any atom is 0.325 e. The lowest BCUT2D eigenvalue weighted by atomic mass is 9.98. The third-order valence-corrected chi connectivity index (χ3v) is 2.67. The Morgan fingerprint density at radius 3 is 2.36 bits per heavy atom. The molecule has 80 valence electrons. The van der Waals surface area contributed by atoms with E-state index in [1.165, 1.54) is 6.92 Å². The van der Waals surface area contributed by atoms with E-state index in [4.69, 9.17) is 10.8 Å². The smallest absolute Gasteiger partial charge is 0.325 e. The van der Waals surface area contributed by atoms with Gasteiger partial charge < -0.3 is 16.2 Å². The summed E-state index contributed by atoms with van der Waals surface area (Å²) in [5.74, 6) is -1.38. The summed E-state index contributed by atoms with van der Waals surface area (Å²) in [4.78, 5) is 22.1. The number of nitrogens with two attached hydrogens (primary N) is 1. The van der Waals surface area contributed by atoms with Crippen LogP contribution >= 0.6 is 0 Å². The lowest BCUT2D eigenvalue weighted by Crippen LogP contribution is -2.55. The number of hydrogen-bond donors (Lipinski definition) is 3. The topological polar surface area (TPSA) is 92.4 Å². The van der Waals surface area contributed by atoms with E-state index in [1.807, 2.05) is 0 Å². The second kappa shape index (κ2) is 3.96. The van der Waals surface area contributed by atoms with Gasteiger partial charge in [-0.3, -0.25) is 9.59 Å². The minimum Gasteiger partial charge on any atom is -0.480 e. The van der Waals surface area contributed by atoms with Crippen molar-refractivity contribution in [2.24, 2.45) is 5.73 Å². The molecule has 1 atom stereocenters. The van der Waals surface area contributed by atoms with Gasteiger partial charge in [-0.15, -0.1) is 0 Å². The van der Waals surface area contributed by atoms with E-state index in [9.17, 15) is 9.59 Å². The zero-order valence-electron chi connectivity index (χ0n) is 8.25. The Kier molecular flexibility index (Phi) is 3.10. The van der Waals surface area contributed by atoms with Crippen molar-refractivity contribution >= 4 is 11.9 Å². The Morgan fingerprint density at radius 1 is 1.43 bits per heavy atom. The zero-order valence-corrected chi connectivity index (χ0v) is 8.25. The van der Waals surface area contributed by atoms with Crippen LogP contribution in [0.5, 0.6) is 0 Å². The van der Waals surface area contributed by atoms with Crippen LogP contribution in [0, 0.1) is 0 Å². The van der Waals surface area contributed by atoms with Gasteiger partial charge in [0.25, 0.3) is 0 Å². The summed E-state index contributed by atoms with van der Waals surface area (Å²) in [7, 11) is 0. The number of carbonyl (C=O) groups is 2. The largest absolute Gasteiger partial charge is 0.480 e. The third kappa shape index (κ3) is 2.23. The molecule has 0 aromatic rings. The molecule has 1 saturated carbocycles. The molecular weight excluding hydrogens is 184 g/mol. The maximum atomic E-state index is 11.6. The van der Waals surface area contributed by atoms with E-state index in [0.29, 0.717) is 12.8 Å². The van der Waals surface area contributed by atoms with Gasteiger partial charge in [0, 0.05) is 0 Å². The molecule has 14 heavy (non-hydrogen) atoms. The number of hydrogen-bond acceptors (Lipinski definition) is 3. The van der Waals surface area contributed by atoms with Gasteiger partial charge in [0.1, 0.15) is 6.04 Å². The average Bonchev–Trinajstić information content (AvgIpc) is 2.53. The predicted molar refractivity (Wildman–Crippen MR) is 50.6 cm³/mol. The first kappa shape index (κ1) is 11.0. The van der Waals surface area contributed by atoms with Crippen LogP contribution < -0.4 is 11.1 Å². The SMILES string of the molecule is C[C@H](NC(=O)C1(N)CCCC1)C(=O)O. The third-order valence-electron chi connectivity index (χ3n) is 2.67. The van der Waals surface area contributed by atoms with Gasteiger partial charge in [-0.1, -0.05) is 12.8 Å². The molecule has 1 fully saturated rings. The van der Waals surface area contributed by atoms with Gasteiger partial charge in [0.2, 0.25) is 5.91 Å². The average molecular weight is 200 g/mol. The minimum absolute atomic E-state index is 0.343. The van der Waals surface area contributed by atoms with E-state index in [-0.39, 0.29) is 5.91 Å². The van der Waals surface area contributed by atoms with Crippen LogP contribution in [0.1, 0.15) is 32.6 Å². The standard InChI is InChI=1S/C9H16N2O3/c1-6(7(12)13)11-8(14)9(10)4-2-3-5-9/h6H,2-5,10H2,1H3,(H,11,14)(H,12,13)/t6-/m0/s1. The molecule has 4 N–H and O–H groups in total. The molecule has 0 bridgehead atoms. The summed E-state index contributed by atoms with van der Waals surface area (Å²) in [5.41, 5.74) is 5.00. The number of nitrogens with one attached hydrogen (secondary N) is 1. The molecule has 0 saturated heterocycles. The lowest BCUT2D eigenvalue weighted by Gasteiger charge is -2.23. The molecule has 0 radical (unpaired) electrons. The first-order valence-electron chi connectivity index (χ1n) is 4.78. The molecular formula is C9H16N2O3. The van der Waals surface area contributed by atoms with E-state index in [2.05, 4.69) is 5.32 Å². The van der Waals surface area contributed by atoms with Crippen LogP contribution in [0.2, 0.25) is 0 Å². The Morgan fingerprint density at radius 2 is 1.93 bits per heavy atom. The molecule has 0 aliphatic heterocycles. The van der Waals surface area contributed by atoms with Crippen LogP contribution in [-0.2, 0) is 9.59 Å². The number of aliphatic carboxylic acids is 1. The molecule has 0 spiro atoms. The molecule has 0 unspecified atom stereocenters. The molecule has 0 aromatic heterocycles. The maximum absolute atomic E-state index is 11.6. The Balaban J connectivity index is 2.53. The number of carbonyl (C=O) groups excluding carboxylic acids is 1. The zero-order chi connectivity index (χ0) is 10.8. The number of amides is 1. The second-order valence-electron chi connectivity index (χ2n) is 3.90. The van der Waals surface area contributed by atoms with Crippen molar-refractivity contribution in [3.05, 3.63) is 0 Å². The monoisotopic (exact) mass is 200 g/mol. The van der Waals surface area contributed by atoms with Gasteiger partial charge in [-0.05, 0) is 19.8 Å². The van der Waals surface area contributed by atoms with Crippen LogP contribution in [0.25, 0.3) is 0 Å². The van der Waals surface area contributed by atoms with E-state index in [0.717, 1.165) is 12.8 Å². The van der Waals surface area contributed by atoms with Crippen molar-refractivity contribution in [3.8, 4) is 0 Å². The molecule has 5 nitrogen and oxygen atoms in total. The van der Waals surface area contributed by atoms with Gasteiger partial charge in [-0.2, -0.15) is 0 Å². The van der Waals surface area contributed by atoms with Crippen LogP contribution in [-0.4, -0.2) is 28.6 Å². The normalized spacial score (nSPS) is 21.6. The molecule has 1 rings (SSSR count). The fraction of sp³-hybridized carbons (Fsp3) is 0.778. The molecule has 5 heteroatoms. The Hall–Kier alpha value is -1.10. The predicted octanol–water partition coefficient (Wildman–Crippen LogP) is -0.153. The van der Waals surface area contributed by atoms with Crippen molar-refractivity contribution in [2.45, 2.75) is 44.2 Å². The van der Waals surface area contributed by atoms with Gasteiger partial charge in [0.15, 0.2) is 0 Å². The molecule has 1 amide bonds. The van der Waals surface area contributed by atoms with Crippen molar-refractivity contribution in [3.63, 3.8) is 0 Å². The summed E-state index contributed by atoms with van der Waals surface area (Å²) in [6.07, 6.45) is 3.16. The Bertz CT molecular complexity index is 246. The number of rotatable bonds is 3. The van der Waals surface area contributed by atoms with Gasteiger partial charge in [0.05, 0.1) is 5.54 Å². The van der Waals surface area contributed by atoms with Crippen LogP contribution in [0.3, 0.4) is 0 Å². The highest BCUT2D eigenvalue weighted by molar-refractivity contribution is 5.90. The van der Waals surface area contributed by atoms with Crippen molar-refractivity contribution < 1.29 is 14.7 Å². The highest BCUT2D eigenvalue weighted by Crippen LogP contribution is 2.27. The van der Waals surface area contributed by atoms with Gasteiger partial charge in [-0.25, -0.2) is 0 Å². The van der Waals surface area contributed by atoms with Crippen molar-refractivity contribution in [1.29, 1.82) is 0 Å². The fourth-order valence-electron chi connectivity index (χ4n) is 1.64. The Labute approximate surface area is 82.7 Å². The quantitative estimate of drug-likeness (QED) is 0.590. The first-order chi connectivity index (χ1) is 6.46. The lowest BCUT2D eigenvalue weighted by molar-refractivity contribution is -0.142. The first-order valence-corrected chi connectivity index (χ1v) is 4.78. The highest BCUT2D eigenvalue weighted by Gasteiger charge is 2.37. The highest BCUT2D eigenvalue weighted by atomic mass is 16.4. The molecule has 1 aliphatic carbocycles. The van der Waals surface area contributed by atoms with Crippen molar-refractivity contribution in [1.82, 2.24) is 5.32 Å². The summed E-state index contributed by atoms with van der Waals surface area (Å²) in [6.45, 7) is 1.43. The molecule has 0 heterocycles. The second-order valence-corrected chi connectivity index (χ2v) is 3.90. The fourth-order valence-corrected chi connectivity index (χ4v) is 1.64. The van der Waals surface area contributed by atoms with Gasteiger partial charge >= 0.3 is 5.97 Å². The van der Waals surface area contributed by atoms with E-state index < -0.39 is 17.6 Å². The van der Waals surface area contributed by atoms with E-state index in [1.54, 1.807) is 0 Å². The number of carboxylic acid groups (broad SMARTS) is 1. The van der Waals surface area contributed by atoms with E-state index >= 15 is 0 Å². The minimum atomic E-state index is -1.04. The summed E-state index contributed by atoms with van der Waals surface area (Å²) < 4.78 is 0. The summed E-state index contributed by atoms with van der Waals surface area (Å²) in [6, 6.07) is -0.872. The summed E-state index contributed by atoms with van der Waals surface area (Å²) in [5, 5.41) is 11.0. The van der Waals surface area contributed by atoms with Crippen LogP contribution in [0.15, 0.2) is 0 Å². The van der Waals surface area contributed by atoms with Crippen molar-refractivity contribution in [2.75, 3.05) is 0 Å². The van der Waals surface area contributed by atoms with Crippen LogP contribution in [0.4, 0.5) is 0 Å². The summed E-state index contributed by atoms with van der Waals surface area (Å²) >= 11 is 0.